The maximum Gasteiger partial charge on any atom is 0.252 e. The molecule has 0 saturated heterocycles. The lowest BCUT2D eigenvalue weighted by Gasteiger charge is -2.13. The molecule has 0 saturated carbocycles. The molecule has 2 aromatic rings. The highest BCUT2D eigenvalue weighted by Gasteiger charge is 2.13. The third-order valence-electron chi connectivity index (χ3n) is 2.58. The van der Waals surface area contributed by atoms with Gasteiger partial charge in [0.05, 0.1) is 11.8 Å². The summed E-state index contributed by atoms with van der Waals surface area (Å²) in [5, 5.41) is 2.95. The van der Waals surface area contributed by atoms with Crippen molar-refractivity contribution in [3.8, 4) is 0 Å². The highest BCUT2D eigenvalue weighted by Crippen LogP contribution is 2.16. The number of carbonyl (C=O) groups excluding carboxylic acids is 1. The van der Waals surface area contributed by atoms with Gasteiger partial charge in [-0.3, -0.25) is 4.79 Å². The summed E-state index contributed by atoms with van der Waals surface area (Å²) in [4.78, 5) is 12.0. The minimum atomic E-state index is -0.0819. The van der Waals surface area contributed by atoms with E-state index in [-0.39, 0.29) is 11.9 Å². The molecule has 1 atom stereocenters. The van der Waals surface area contributed by atoms with Crippen LogP contribution in [-0.2, 0) is 6.42 Å². The molecule has 0 aliphatic carbocycles. The third-order valence-corrected chi connectivity index (χ3v) is 3.27. The number of furan rings is 1. The van der Waals surface area contributed by atoms with Crippen LogP contribution in [0.3, 0.4) is 0 Å². The second kappa shape index (κ2) is 5.87. The minimum Gasteiger partial charge on any atom is -0.469 e. The quantitative estimate of drug-likeness (QED) is 0.940. The van der Waals surface area contributed by atoms with Crippen LogP contribution >= 0.6 is 15.9 Å². The Hall–Kier alpha value is -1.55. The summed E-state index contributed by atoms with van der Waals surface area (Å²) in [6.45, 7) is 1.96. The molecule has 3 nitrogen and oxygen atoms in total. The fourth-order valence-electron chi connectivity index (χ4n) is 1.73. The Balaban J connectivity index is 1.97. The van der Waals surface area contributed by atoms with Gasteiger partial charge in [0.15, 0.2) is 0 Å². The first-order valence-corrected chi connectivity index (χ1v) is 6.54. The molecule has 0 radical (unpaired) electrons. The van der Waals surface area contributed by atoms with Crippen molar-refractivity contribution in [2.45, 2.75) is 19.4 Å². The normalized spacial score (nSPS) is 12.1. The molecule has 0 bridgehead atoms. The van der Waals surface area contributed by atoms with Crippen molar-refractivity contribution in [1.82, 2.24) is 5.32 Å². The molecular formula is C14H14BrNO2. The summed E-state index contributed by atoms with van der Waals surface area (Å²) in [5.41, 5.74) is 0.642. The highest BCUT2D eigenvalue weighted by molar-refractivity contribution is 9.10. The lowest BCUT2D eigenvalue weighted by Crippen LogP contribution is -2.34. The lowest BCUT2D eigenvalue weighted by molar-refractivity contribution is 0.0938. The molecular weight excluding hydrogens is 294 g/mol. The molecule has 1 heterocycles. The summed E-state index contributed by atoms with van der Waals surface area (Å²) >= 11 is 3.37. The largest absolute Gasteiger partial charge is 0.469 e. The first-order valence-electron chi connectivity index (χ1n) is 5.74. The van der Waals surface area contributed by atoms with E-state index < -0.39 is 0 Å². The molecule has 4 heteroatoms. The summed E-state index contributed by atoms with van der Waals surface area (Å²) in [7, 11) is 0. The van der Waals surface area contributed by atoms with Gasteiger partial charge < -0.3 is 9.73 Å². The summed E-state index contributed by atoms with van der Waals surface area (Å²) in [6.07, 6.45) is 2.32. The molecule has 1 amide bonds. The van der Waals surface area contributed by atoms with Gasteiger partial charge in [-0.1, -0.05) is 12.1 Å². The average molecular weight is 308 g/mol. The Morgan fingerprint density at radius 3 is 2.78 bits per heavy atom. The first-order chi connectivity index (χ1) is 8.66. The van der Waals surface area contributed by atoms with Crippen LogP contribution in [0.5, 0.6) is 0 Å². The number of carbonyl (C=O) groups is 1. The molecule has 0 spiro atoms. The van der Waals surface area contributed by atoms with Crippen molar-refractivity contribution in [1.29, 1.82) is 0 Å². The van der Waals surface area contributed by atoms with E-state index in [1.807, 2.05) is 37.3 Å². The zero-order chi connectivity index (χ0) is 13.0. The van der Waals surface area contributed by atoms with Crippen molar-refractivity contribution in [3.63, 3.8) is 0 Å². The number of amides is 1. The second-order valence-electron chi connectivity index (χ2n) is 4.14. The smallest absolute Gasteiger partial charge is 0.252 e. The number of hydrogen-bond acceptors (Lipinski definition) is 2. The fraction of sp³-hybridized carbons (Fsp3) is 0.214. The second-order valence-corrected chi connectivity index (χ2v) is 4.99. The van der Waals surface area contributed by atoms with Crippen LogP contribution in [0.15, 0.2) is 51.6 Å². The van der Waals surface area contributed by atoms with E-state index in [9.17, 15) is 4.79 Å². The molecule has 1 aromatic heterocycles. The van der Waals surface area contributed by atoms with Gasteiger partial charge in [0.25, 0.3) is 5.91 Å². The summed E-state index contributed by atoms with van der Waals surface area (Å²) in [6, 6.07) is 11.1. The average Bonchev–Trinajstić information content (AvgIpc) is 2.82. The number of nitrogens with one attached hydrogen (secondary N) is 1. The topological polar surface area (TPSA) is 42.2 Å². The molecule has 1 N–H and O–H groups in total. The van der Waals surface area contributed by atoms with Gasteiger partial charge in [-0.05, 0) is 47.1 Å². The predicted molar refractivity (Wildman–Crippen MR) is 73.5 cm³/mol. The van der Waals surface area contributed by atoms with Gasteiger partial charge in [0, 0.05) is 16.9 Å². The molecule has 94 valence electrons. The van der Waals surface area contributed by atoms with Crippen molar-refractivity contribution in [2.75, 3.05) is 0 Å². The number of hydrogen-bond donors (Lipinski definition) is 1. The van der Waals surface area contributed by atoms with E-state index in [0.29, 0.717) is 12.0 Å². The van der Waals surface area contributed by atoms with Crippen LogP contribution in [0.1, 0.15) is 23.0 Å². The van der Waals surface area contributed by atoms with Crippen LogP contribution in [0.4, 0.5) is 0 Å². The van der Waals surface area contributed by atoms with Crippen molar-refractivity contribution < 1.29 is 9.21 Å². The Kier molecular flexibility index (Phi) is 4.20. The Morgan fingerprint density at radius 2 is 2.11 bits per heavy atom. The molecule has 1 aromatic carbocycles. The lowest BCUT2D eigenvalue weighted by atomic mass is 10.1. The van der Waals surface area contributed by atoms with Gasteiger partial charge in [0.1, 0.15) is 5.76 Å². The number of benzene rings is 1. The van der Waals surface area contributed by atoms with Gasteiger partial charge in [-0.15, -0.1) is 0 Å². The zero-order valence-electron chi connectivity index (χ0n) is 10.0. The fourth-order valence-corrected chi connectivity index (χ4v) is 2.19. The summed E-state index contributed by atoms with van der Waals surface area (Å²) in [5.74, 6) is 0.788. The van der Waals surface area contributed by atoms with Gasteiger partial charge in [0.2, 0.25) is 0 Å². The van der Waals surface area contributed by atoms with Gasteiger partial charge in [-0.25, -0.2) is 0 Å². The maximum absolute atomic E-state index is 12.0. The predicted octanol–water partition coefficient (Wildman–Crippen LogP) is 3.40. The van der Waals surface area contributed by atoms with Gasteiger partial charge in [-0.2, -0.15) is 0 Å². The monoisotopic (exact) mass is 307 g/mol. The van der Waals surface area contributed by atoms with Crippen LogP contribution < -0.4 is 5.32 Å². The summed E-state index contributed by atoms with van der Waals surface area (Å²) < 4.78 is 6.05. The van der Waals surface area contributed by atoms with E-state index in [1.165, 1.54) is 0 Å². The molecule has 18 heavy (non-hydrogen) atoms. The Bertz CT molecular complexity index is 522. The van der Waals surface area contributed by atoms with E-state index in [4.69, 9.17) is 4.42 Å². The third kappa shape index (κ3) is 3.23. The van der Waals surface area contributed by atoms with Gasteiger partial charge >= 0.3 is 0 Å². The van der Waals surface area contributed by atoms with Crippen LogP contribution in [0.25, 0.3) is 0 Å². The van der Waals surface area contributed by atoms with Crippen molar-refractivity contribution >= 4 is 21.8 Å². The van der Waals surface area contributed by atoms with Crippen LogP contribution in [0, 0.1) is 0 Å². The van der Waals surface area contributed by atoms with Crippen LogP contribution in [-0.4, -0.2) is 11.9 Å². The Morgan fingerprint density at radius 1 is 1.33 bits per heavy atom. The SMILES string of the molecule is CC(Cc1ccco1)NC(=O)c1ccccc1Br. The standard InChI is InChI=1S/C14H14BrNO2/c1-10(9-11-5-4-8-18-11)16-14(17)12-6-2-3-7-13(12)15/h2-8,10H,9H2,1H3,(H,16,17). The zero-order valence-corrected chi connectivity index (χ0v) is 11.6. The van der Waals surface area contributed by atoms with Crippen molar-refractivity contribution in [2.24, 2.45) is 0 Å². The molecule has 1 unspecified atom stereocenters. The Labute approximate surface area is 114 Å². The van der Waals surface area contributed by atoms with E-state index in [2.05, 4.69) is 21.2 Å². The molecule has 0 aliphatic rings. The highest BCUT2D eigenvalue weighted by atomic mass is 79.9. The molecule has 0 fully saturated rings. The molecule has 0 aliphatic heterocycles. The number of rotatable bonds is 4. The van der Waals surface area contributed by atoms with Crippen molar-refractivity contribution in [3.05, 3.63) is 58.5 Å². The van der Waals surface area contributed by atoms with E-state index >= 15 is 0 Å². The maximum atomic E-state index is 12.0. The molecule has 2 rings (SSSR count). The minimum absolute atomic E-state index is 0.0238. The van der Waals surface area contributed by atoms with E-state index in [0.717, 1.165) is 10.2 Å². The van der Waals surface area contributed by atoms with Crippen LogP contribution in [0.2, 0.25) is 0 Å². The van der Waals surface area contributed by atoms with E-state index in [1.54, 1.807) is 12.3 Å². The number of halogens is 1. The first kappa shape index (κ1) is 12.9.